The zero-order valence-corrected chi connectivity index (χ0v) is 8.96. The standard InChI is InChI=1S/C13H17N/c1-10-11-5-3-4-6-12(11)13(7-8-13)9-14(10)2/h3-6,10H,7-9H2,1-2H3. The summed E-state index contributed by atoms with van der Waals surface area (Å²) in [6, 6.07) is 9.60. The molecular weight excluding hydrogens is 170 g/mol. The van der Waals surface area contributed by atoms with Gasteiger partial charge in [-0.15, -0.1) is 0 Å². The first-order valence-corrected chi connectivity index (χ1v) is 5.53. The number of rotatable bonds is 0. The molecule has 1 aromatic rings. The van der Waals surface area contributed by atoms with E-state index in [4.69, 9.17) is 0 Å². The summed E-state index contributed by atoms with van der Waals surface area (Å²) in [5, 5.41) is 0. The smallest absolute Gasteiger partial charge is 0.0320 e. The monoisotopic (exact) mass is 187 g/mol. The van der Waals surface area contributed by atoms with Crippen molar-refractivity contribution in [2.75, 3.05) is 13.6 Å². The van der Waals surface area contributed by atoms with Crippen LogP contribution in [-0.4, -0.2) is 18.5 Å². The molecule has 1 aliphatic carbocycles. The Morgan fingerprint density at radius 2 is 2.00 bits per heavy atom. The van der Waals surface area contributed by atoms with Gasteiger partial charge in [-0.3, -0.25) is 4.90 Å². The van der Waals surface area contributed by atoms with E-state index in [-0.39, 0.29) is 0 Å². The Morgan fingerprint density at radius 1 is 1.29 bits per heavy atom. The lowest BCUT2D eigenvalue weighted by Gasteiger charge is -2.37. The van der Waals surface area contributed by atoms with E-state index in [1.807, 2.05) is 0 Å². The predicted octanol–water partition coefficient (Wildman–Crippen LogP) is 2.72. The molecule has 3 rings (SSSR count). The second-order valence-electron chi connectivity index (χ2n) is 4.96. The number of hydrogen-bond donors (Lipinski definition) is 0. The molecule has 1 saturated carbocycles. The van der Waals surface area contributed by atoms with Gasteiger partial charge in [0.1, 0.15) is 0 Å². The Morgan fingerprint density at radius 3 is 2.71 bits per heavy atom. The molecule has 0 bridgehead atoms. The molecule has 14 heavy (non-hydrogen) atoms. The molecule has 2 aliphatic rings. The first-order chi connectivity index (χ1) is 6.73. The first-order valence-electron chi connectivity index (χ1n) is 5.53. The normalized spacial score (nSPS) is 28.9. The summed E-state index contributed by atoms with van der Waals surface area (Å²) in [6.07, 6.45) is 2.78. The highest BCUT2D eigenvalue weighted by atomic mass is 15.1. The largest absolute Gasteiger partial charge is 0.299 e. The average molecular weight is 187 g/mol. The van der Waals surface area contributed by atoms with Gasteiger partial charge in [0, 0.05) is 18.0 Å². The molecule has 1 nitrogen and oxygen atoms in total. The van der Waals surface area contributed by atoms with Crippen LogP contribution in [0.4, 0.5) is 0 Å². The average Bonchev–Trinajstić information content (AvgIpc) is 2.96. The van der Waals surface area contributed by atoms with E-state index in [1.165, 1.54) is 19.4 Å². The lowest BCUT2D eigenvalue weighted by molar-refractivity contribution is 0.215. The third-order valence-corrected chi connectivity index (χ3v) is 4.05. The van der Waals surface area contributed by atoms with Crippen LogP contribution in [0.1, 0.15) is 36.9 Å². The van der Waals surface area contributed by atoms with Gasteiger partial charge < -0.3 is 0 Å². The van der Waals surface area contributed by atoms with Crippen LogP contribution in [0.3, 0.4) is 0 Å². The van der Waals surface area contributed by atoms with Gasteiger partial charge in [-0.25, -0.2) is 0 Å². The van der Waals surface area contributed by atoms with Crippen LogP contribution >= 0.6 is 0 Å². The highest BCUT2D eigenvalue weighted by Crippen LogP contribution is 2.54. The maximum absolute atomic E-state index is 2.50. The van der Waals surface area contributed by atoms with Crippen molar-refractivity contribution in [3.63, 3.8) is 0 Å². The highest BCUT2D eigenvalue weighted by Gasteiger charge is 2.49. The summed E-state index contributed by atoms with van der Waals surface area (Å²) in [4.78, 5) is 2.50. The fourth-order valence-corrected chi connectivity index (χ4v) is 2.86. The topological polar surface area (TPSA) is 3.24 Å². The van der Waals surface area contributed by atoms with E-state index in [0.29, 0.717) is 11.5 Å². The van der Waals surface area contributed by atoms with Crippen LogP contribution in [0.2, 0.25) is 0 Å². The van der Waals surface area contributed by atoms with E-state index in [2.05, 4.69) is 43.1 Å². The van der Waals surface area contributed by atoms with Gasteiger partial charge in [-0.1, -0.05) is 24.3 Å². The molecular formula is C13H17N. The lowest BCUT2D eigenvalue weighted by atomic mass is 9.84. The maximum atomic E-state index is 2.50. The second kappa shape index (κ2) is 2.60. The number of benzene rings is 1. The molecule has 0 N–H and O–H groups in total. The Bertz CT molecular complexity index is 365. The lowest BCUT2D eigenvalue weighted by Crippen LogP contribution is -2.37. The summed E-state index contributed by atoms with van der Waals surface area (Å²) >= 11 is 0. The van der Waals surface area contributed by atoms with Gasteiger partial charge in [0.05, 0.1) is 0 Å². The molecule has 1 aliphatic heterocycles. The third-order valence-electron chi connectivity index (χ3n) is 4.05. The summed E-state index contributed by atoms with van der Waals surface area (Å²) in [5.74, 6) is 0. The van der Waals surface area contributed by atoms with Crippen molar-refractivity contribution < 1.29 is 0 Å². The Hall–Kier alpha value is -0.820. The minimum absolute atomic E-state index is 0.540. The third kappa shape index (κ3) is 0.992. The fraction of sp³-hybridized carbons (Fsp3) is 0.538. The van der Waals surface area contributed by atoms with Crippen LogP contribution in [0.5, 0.6) is 0 Å². The molecule has 0 radical (unpaired) electrons. The maximum Gasteiger partial charge on any atom is 0.0320 e. The van der Waals surface area contributed by atoms with Gasteiger partial charge in [-0.05, 0) is 37.9 Å². The molecule has 1 heteroatoms. The molecule has 1 fully saturated rings. The number of hydrogen-bond acceptors (Lipinski definition) is 1. The van der Waals surface area contributed by atoms with Crippen molar-refractivity contribution in [3.05, 3.63) is 35.4 Å². The molecule has 0 saturated heterocycles. The molecule has 1 spiro atoms. The van der Waals surface area contributed by atoms with Gasteiger partial charge >= 0.3 is 0 Å². The zero-order chi connectivity index (χ0) is 9.76. The molecule has 1 atom stereocenters. The molecule has 0 aromatic heterocycles. The van der Waals surface area contributed by atoms with Crippen molar-refractivity contribution in [2.45, 2.75) is 31.2 Å². The van der Waals surface area contributed by atoms with Crippen molar-refractivity contribution in [1.82, 2.24) is 4.90 Å². The zero-order valence-electron chi connectivity index (χ0n) is 8.96. The van der Waals surface area contributed by atoms with E-state index >= 15 is 0 Å². The van der Waals surface area contributed by atoms with Crippen molar-refractivity contribution >= 4 is 0 Å². The number of nitrogens with zero attached hydrogens (tertiary/aromatic N) is 1. The number of fused-ring (bicyclic) bond motifs is 2. The molecule has 1 heterocycles. The molecule has 74 valence electrons. The summed E-state index contributed by atoms with van der Waals surface area (Å²) in [5.41, 5.74) is 3.72. The highest BCUT2D eigenvalue weighted by molar-refractivity contribution is 5.42. The van der Waals surface area contributed by atoms with Gasteiger partial charge in [0.2, 0.25) is 0 Å². The van der Waals surface area contributed by atoms with E-state index in [1.54, 1.807) is 11.1 Å². The quantitative estimate of drug-likeness (QED) is 0.603. The van der Waals surface area contributed by atoms with Gasteiger partial charge in [0.15, 0.2) is 0 Å². The van der Waals surface area contributed by atoms with Gasteiger partial charge in [-0.2, -0.15) is 0 Å². The Balaban J connectivity index is 2.16. The SMILES string of the molecule is CC1c2ccccc2C2(CC2)CN1C. The van der Waals surface area contributed by atoms with Crippen molar-refractivity contribution in [2.24, 2.45) is 0 Å². The van der Waals surface area contributed by atoms with Gasteiger partial charge in [0.25, 0.3) is 0 Å². The van der Waals surface area contributed by atoms with Crippen LogP contribution in [0.25, 0.3) is 0 Å². The van der Waals surface area contributed by atoms with Crippen LogP contribution < -0.4 is 0 Å². The minimum atomic E-state index is 0.540. The molecule has 1 unspecified atom stereocenters. The number of likely N-dealkylation sites (N-methyl/N-ethyl adjacent to an activating group) is 1. The first kappa shape index (κ1) is 8.49. The molecule has 0 amide bonds. The van der Waals surface area contributed by atoms with Crippen molar-refractivity contribution in [1.29, 1.82) is 0 Å². The Kier molecular flexibility index (Phi) is 1.58. The van der Waals surface area contributed by atoms with E-state index in [9.17, 15) is 0 Å². The van der Waals surface area contributed by atoms with Crippen molar-refractivity contribution in [3.8, 4) is 0 Å². The van der Waals surface area contributed by atoms with Crippen LogP contribution in [0, 0.1) is 0 Å². The summed E-state index contributed by atoms with van der Waals surface area (Å²) in [7, 11) is 2.25. The fourth-order valence-electron chi connectivity index (χ4n) is 2.86. The predicted molar refractivity (Wildman–Crippen MR) is 58.4 cm³/mol. The van der Waals surface area contributed by atoms with Crippen LogP contribution in [0.15, 0.2) is 24.3 Å². The summed E-state index contributed by atoms with van der Waals surface area (Å²) in [6.45, 7) is 3.57. The summed E-state index contributed by atoms with van der Waals surface area (Å²) < 4.78 is 0. The van der Waals surface area contributed by atoms with E-state index < -0.39 is 0 Å². The van der Waals surface area contributed by atoms with Crippen LogP contribution in [-0.2, 0) is 5.41 Å². The Labute approximate surface area is 85.7 Å². The second-order valence-corrected chi connectivity index (χ2v) is 4.96. The minimum Gasteiger partial charge on any atom is -0.299 e. The van der Waals surface area contributed by atoms with E-state index in [0.717, 1.165) is 0 Å². The molecule has 1 aromatic carbocycles.